The molecule has 0 aromatic heterocycles. The Morgan fingerprint density at radius 2 is 2.00 bits per heavy atom. The molecule has 1 amide bonds. The number of sulfonamides is 1. The predicted molar refractivity (Wildman–Crippen MR) is 107 cm³/mol. The Kier molecular flexibility index (Phi) is 7.50. The lowest BCUT2D eigenvalue weighted by molar-refractivity contribution is -0.118. The summed E-state index contributed by atoms with van der Waals surface area (Å²) in [6.45, 7) is 2.06. The van der Waals surface area contributed by atoms with Gasteiger partial charge in [-0.25, -0.2) is 17.9 Å². The van der Waals surface area contributed by atoms with Crippen LogP contribution in [-0.2, 0) is 14.8 Å². The fraction of sp³-hybridized carbons (Fsp3) is 0.278. The predicted octanol–water partition coefficient (Wildman–Crippen LogP) is 1.48. The third-order valence-corrected chi connectivity index (χ3v) is 5.29. The molecule has 1 atom stereocenters. The van der Waals surface area contributed by atoms with Crippen molar-refractivity contribution in [2.24, 2.45) is 5.14 Å². The second-order valence-electron chi connectivity index (χ2n) is 6.37. The molecule has 3 rings (SSSR count). The van der Waals surface area contributed by atoms with Gasteiger partial charge < -0.3 is 10.6 Å². The van der Waals surface area contributed by atoms with E-state index >= 15 is 0 Å². The largest absolute Gasteiger partial charge is 0.325 e. The molecule has 1 saturated heterocycles. The molecule has 4 N–H and O–H groups in total. The van der Waals surface area contributed by atoms with Gasteiger partial charge in [0.05, 0.1) is 11.4 Å². The van der Waals surface area contributed by atoms with Crippen molar-refractivity contribution in [1.29, 1.82) is 0 Å². The van der Waals surface area contributed by atoms with Gasteiger partial charge in [0.2, 0.25) is 15.9 Å². The van der Waals surface area contributed by atoms with Gasteiger partial charge in [0.15, 0.2) is 0 Å². The van der Waals surface area contributed by atoms with Crippen LogP contribution in [0.25, 0.3) is 0 Å². The Labute approximate surface area is 169 Å². The van der Waals surface area contributed by atoms with Gasteiger partial charge in [0.25, 0.3) is 0 Å². The highest BCUT2D eigenvalue weighted by atomic mass is 35.5. The van der Waals surface area contributed by atoms with Crippen molar-refractivity contribution in [1.82, 2.24) is 10.2 Å². The van der Waals surface area contributed by atoms with Crippen molar-refractivity contribution in [2.45, 2.75) is 10.9 Å². The third-order valence-electron chi connectivity index (χ3n) is 4.38. The molecule has 1 aliphatic rings. The van der Waals surface area contributed by atoms with Crippen LogP contribution in [0.1, 0.15) is 11.6 Å². The Morgan fingerprint density at radius 1 is 1.25 bits per heavy atom. The van der Waals surface area contributed by atoms with E-state index in [0.29, 0.717) is 18.8 Å². The molecule has 0 spiro atoms. The number of primary sulfonamides is 1. The van der Waals surface area contributed by atoms with Crippen molar-refractivity contribution in [3.05, 3.63) is 59.9 Å². The molecule has 1 heterocycles. The Balaban J connectivity index is 0.00000280. The summed E-state index contributed by atoms with van der Waals surface area (Å²) in [7, 11) is -3.84. The number of anilines is 1. The number of hydrogen-bond donors (Lipinski definition) is 3. The molecule has 0 radical (unpaired) electrons. The highest BCUT2D eigenvalue weighted by Crippen LogP contribution is 2.23. The van der Waals surface area contributed by atoms with Crippen LogP contribution in [0.2, 0.25) is 0 Å². The zero-order chi connectivity index (χ0) is 19.4. The van der Waals surface area contributed by atoms with Crippen LogP contribution in [0, 0.1) is 5.82 Å². The minimum Gasteiger partial charge on any atom is -0.325 e. The molecule has 7 nitrogen and oxygen atoms in total. The average molecular weight is 429 g/mol. The summed E-state index contributed by atoms with van der Waals surface area (Å²) in [5, 5.41) is 11.1. The molecule has 1 aliphatic heterocycles. The van der Waals surface area contributed by atoms with Crippen LogP contribution in [0.4, 0.5) is 10.1 Å². The summed E-state index contributed by atoms with van der Waals surface area (Å²) in [4.78, 5) is 14.4. The number of piperazine rings is 1. The maximum atomic E-state index is 13.6. The molecule has 152 valence electrons. The molecular weight excluding hydrogens is 407 g/mol. The standard InChI is InChI=1S/C18H21FN4O3S.ClH/c19-14-4-1-3-13(9-14)17-11-21-7-8-23(17)12-18(24)22-15-5-2-6-16(10-15)27(20,25)26;/h1-6,9-10,17,21H,7-8,11-12H2,(H,22,24)(H2,20,25,26);1H. The minimum atomic E-state index is -3.84. The first-order valence-corrected chi connectivity index (χ1v) is 10.0. The van der Waals surface area contributed by atoms with Crippen molar-refractivity contribution < 1.29 is 17.6 Å². The molecule has 0 bridgehead atoms. The van der Waals surface area contributed by atoms with Gasteiger partial charge in [0, 0.05) is 31.4 Å². The molecule has 2 aromatic carbocycles. The summed E-state index contributed by atoms with van der Waals surface area (Å²) in [5.41, 5.74) is 1.15. The van der Waals surface area contributed by atoms with Gasteiger partial charge in [-0.3, -0.25) is 9.69 Å². The number of nitrogens with two attached hydrogens (primary N) is 1. The maximum absolute atomic E-state index is 13.6. The molecule has 2 aromatic rings. The minimum absolute atomic E-state index is 0. The molecule has 1 unspecified atom stereocenters. The topological polar surface area (TPSA) is 105 Å². The van der Waals surface area contributed by atoms with Gasteiger partial charge in [-0.15, -0.1) is 12.4 Å². The smallest absolute Gasteiger partial charge is 0.238 e. The van der Waals surface area contributed by atoms with Crippen molar-refractivity contribution in [3.63, 3.8) is 0 Å². The van der Waals surface area contributed by atoms with Crippen LogP contribution in [0.5, 0.6) is 0 Å². The number of benzene rings is 2. The SMILES string of the molecule is Cl.NS(=O)(=O)c1cccc(NC(=O)CN2CCNCC2c2cccc(F)c2)c1. The van der Waals surface area contributed by atoms with E-state index in [9.17, 15) is 17.6 Å². The second kappa shape index (κ2) is 9.44. The first-order chi connectivity index (χ1) is 12.8. The summed E-state index contributed by atoms with van der Waals surface area (Å²) in [5.74, 6) is -0.604. The van der Waals surface area contributed by atoms with Gasteiger partial charge in [-0.2, -0.15) is 0 Å². The molecule has 10 heteroatoms. The lowest BCUT2D eigenvalue weighted by Gasteiger charge is -2.36. The highest BCUT2D eigenvalue weighted by Gasteiger charge is 2.25. The molecular formula is C18H22ClFN4O3S. The third kappa shape index (κ3) is 5.73. The number of carbonyl (C=O) groups excluding carboxylic acids is 1. The lowest BCUT2D eigenvalue weighted by atomic mass is 10.0. The number of rotatable bonds is 5. The normalized spacial score (nSPS) is 17.6. The lowest BCUT2D eigenvalue weighted by Crippen LogP contribution is -2.48. The first kappa shape index (κ1) is 22.3. The van der Waals surface area contributed by atoms with Crippen LogP contribution in [0.15, 0.2) is 53.4 Å². The van der Waals surface area contributed by atoms with E-state index in [4.69, 9.17) is 5.14 Å². The zero-order valence-electron chi connectivity index (χ0n) is 15.0. The van der Waals surface area contributed by atoms with E-state index < -0.39 is 10.0 Å². The summed E-state index contributed by atoms with van der Waals surface area (Å²) >= 11 is 0. The Bertz CT molecular complexity index is 942. The van der Waals surface area contributed by atoms with E-state index in [1.165, 1.54) is 30.3 Å². The van der Waals surface area contributed by atoms with Crippen LogP contribution in [0.3, 0.4) is 0 Å². The second-order valence-corrected chi connectivity index (χ2v) is 7.93. The van der Waals surface area contributed by atoms with Gasteiger partial charge >= 0.3 is 0 Å². The van der Waals surface area contributed by atoms with Gasteiger partial charge in [-0.1, -0.05) is 18.2 Å². The van der Waals surface area contributed by atoms with E-state index in [1.807, 2.05) is 11.0 Å². The van der Waals surface area contributed by atoms with Crippen molar-refractivity contribution in [3.8, 4) is 0 Å². The van der Waals surface area contributed by atoms with Crippen molar-refractivity contribution in [2.75, 3.05) is 31.5 Å². The van der Waals surface area contributed by atoms with Crippen molar-refractivity contribution >= 4 is 34.0 Å². The van der Waals surface area contributed by atoms with Crippen LogP contribution in [-0.4, -0.2) is 45.4 Å². The van der Waals surface area contributed by atoms with Crippen LogP contribution < -0.4 is 15.8 Å². The van der Waals surface area contributed by atoms with E-state index in [-0.39, 0.29) is 41.6 Å². The van der Waals surface area contributed by atoms with E-state index in [1.54, 1.807) is 12.1 Å². The molecule has 28 heavy (non-hydrogen) atoms. The fourth-order valence-electron chi connectivity index (χ4n) is 3.11. The van der Waals surface area contributed by atoms with Gasteiger partial charge in [0.1, 0.15) is 5.82 Å². The summed E-state index contributed by atoms with van der Waals surface area (Å²) < 4.78 is 36.4. The monoisotopic (exact) mass is 428 g/mol. The first-order valence-electron chi connectivity index (χ1n) is 8.46. The number of carbonyl (C=O) groups is 1. The number of amides is 1. The highest BCUT2D eigenvalue weighted by molar-refractivity contribution is 7.89. The molecule has 0 saturated carbocycles. The maximum Gasteiger partial charge on any atom is 0.238 e. The Morgan fingerprint density at radius 3 is 2.71 bits per heavy atom. The summed E-state index contributed by atoms with van der Waals surface area (Å²) in [6, 6.07) is 12.0. The molecule has 0 aliphatic carbocycles. The Hall–Kier alpha value is -2.04. The average Bonchev–Trinajstić information content (AvgIpc) is 2.61. The van der Waals surface area contributed by atoms with Crippen LogP contribution >= 0.6 is 12.4 Å². The quantitative estimate of drug-likeness (QED) is 0.669. The number of halogens is 2. The molecule has 1 fully saturated rings. The summed E-state index contributed by atoms with van der Waals surface area (Å²) in [6.07, 6.45) is 0. The number of nitrogens with zero attached hydrogens (tertiary/aromatic N) is 1. The van der Waals surface area contributed by atoms with E-state index in [2.05, 4.69) is 10.6 Å². The van der Waals surface area contributed by atoms with E-state index in [0.717, 1.165) is 12.1 Å². The zero-order valence-corrected chi connectivity index (χ0v) is 16.6. The van der Waals surface area contributed by atoms with Gasteiger partial charge in [-0.05, 0) is 35.9 Å². The fourth-order valence-corrected chi connectivity index (χ4v) is 3.67. The number of nitrogens with one attached hydrogen (secondary N) is 2. The number of hydrogen-bond acceptors (Lipinski definition) is 5.